The van der Waals surface area contributed by atoms with Crippen molar-refractivity contribution >= 4 is 11.9 Å². The van der Waals surface area contributed by atoms with E-state index in [9.17, 15) is 0 Å². The number of aliphatic imine (C=N–C) groups is 2. The zero-order valence-electron chi connectivity index (χ0n) is 8.91. The maximum Gasteiger partial charge on any atom is 0.204 e. The summed E-state index contributed by atoms with van der Waals surface area (Å²) in [4.78, 5) is 8.34. The van der Waals surface area contributed by atoms with Crippen molar-refractivity contribution in [2.75, 3.05) is 0 Å². The number of allylic oxidation sites excluding steroid dienone is 3. The average Bonchev–Trinajstić information content (AvgIpc) is 2.50. The van der Waals surface area contributed by atoms with Gasteiger partial charge in [0.05, 0.1) is 0 Å². The van der Waals surface area contributed by atoms with E-state index in [1.165, 1.54) is 5.57 Å². The molecule has 0 saturated heterocycles. The van der Waals surface area contributed by atoms with E-state index >= 15 is 0 Å². The highest BCUT2D eigenvalue weighted by Crippen LogP contribution is 2.15. The summed E-state index contributed by atoms with van der Waals surface area (Å²) in [6, 6.07) is 0. The van der Waals surface area contributed by atoms with Gasteiger partial charge >= 0.3 is 0 Å². The molecule has 0 aromatic carbocycles. The van der Waals surface area contributed by atoms with Gasteiger partial charge < -0.3 is 11.1 Å². The minimum atomic E-state index is -0.125. The zero-order chi connectivity index (χ0) is 10.8. The van der Waals surface area contributed by atoms with Gasteiger partial charge in [0.15, 0.2) is 5.96 Å². The van der Waals surface area contributed by atoms with Crippen LogP contribution >= 0.6 is 0 Å². The quantitative estimate of drug-likeness (QED) is 0.581. The van der Waals surface area contributed by atoms with Crippen molar-refractivity contribution in [3.05, 3.63) is 23.4 Å². The molecule has 1 aliphatic heterocycles. The summed E-state index contributed by atoms with van der Waals surface area (Å²) < 4.78 is 0. The molecule has 1 aliphatic carbocycles. The topological polar surface area (TPSA) is 74.8 Å². The van der Waals surface area contributed by atoms with Crippen LogP contribution in [0.25, 0.3) is 0 Å². The minimum absolute atomic E-state index is 0.125. The molecule has 0 aromatic rings. The van der Waals surface area contributed by atoms with E-state index < -0.39 is 0 Å². The Balaban J connectivity index is 2.07. The van der Waals surface area contributed by atoms with Crippen molar-refractivity contribution in [3.8, 4) is 0 Å². The van der Waals surface area contributed by atoms with Crippen LogP contribution in [0.1, 0.15) is 20.3 Å². The van der Waals surface area contributed by atoms with Gasteiger partial charge in [-0.1, -0.05) is 6.08 Å². The lowest BCUT2D eigenvalue weighted by Crippen LogP contribution is -2.47. The van der Waals surface area contributed by atoms with Gasteiger partial charge in [-0.2, -0.15) is 0 Å². The Bertz CT molecular complexity index is 389. The van der Waals surface area contributed by atoms with E-state index in [0.717, 1.165) is 12.1 Å². The summed E-state index contributed by atoms with van der Waals surface area (Å²) in [7, 11) is 0. The van der Waals surface area contributed by atoms with Crippen LogP contribution in [0.2, 0.25) is 0 Å². The maximum atomic E-state index is 5.61. The van der Waals surface area contributed by atoms with E-state index in [-0.39, 0.29) is 6.17 Å². The maximum absolute atomic E-state index is 5.61. The molecule has 80 valence electrons. The highest BCUT2D eigenvalue weighted by atomic mass is 15.3. The molecule has 1 unspecified atom stereocenters. The van der Waals surface area contributed by atoms with Gasteiger partial charge in [0.1, 0.15) is 6.17 Å². The van der Waals surface area contributed by atoms with Crippen LogP contribution < -0.4 is 16.4 Å². The molecule has 0 saturated carbocycles. The van der Waals surface area contributed by atoms with Crippen LogP contribution in [0.5, 0.6) is 0 Å². The number of guanidine groups is 2. The third-order valence-corrected chi connectivity index (χ3v) is 2.31. The van der Waals surface area contributed by atoms with E-state index in [1.807, 2.05) is 13.0 Å². The number of nitrogens with two attached hydrogens (primary N) is 1. The predicted octanol–water partition coefficient (Wildman–Crippen LogP) is 0.430. The molecule has 15 heavy (non-hydrogen) atoms. The molecule has 0 spiro atoms. The Labute approximate surface area is 88.9 Å². The largest absolute Gasteiger partial charge is 0.370 e. The summed E-state index contributed by atoms with van der Waals surface area (Å²) in [5, 5.41) is 6.09. The second-order valence-corrected chi connectivity index (χ2v) is 3.67. The van der Waals surface area contributed by atoms with Gasteiger partial charge in [-0.3, -0.25) is 5.32 Å². The number of nitrogens with zero attached hydrogens (tertiary/aromatic N) is 2. The Morgan fingerprint density at radius 3 is 2.93 bits per heavy atom. The molecular formula is C10H15N5. The van der Waals surface area contributed by atoms with Gasteiger partial charge in [-0.15, -0.1) is 0 Å². The summed E-state index contributed by atoms with van der Waals surface area (Å²) in [6.07, 6.45) is 5.03. The van der Waals surface area contributed by atoms with Crippen LogP contribution in [0.3, 0.4) is 0 Å². The lowest BCUT2D eigenvalue weighted by Gasteiger charge is -2.18. The number of nitrogens with one attached hydrogen (secondary N) is 2. The fourth-order valence-corrected chi connectivity index (χ4v) is 1.55. The van der Waals surface area contributed by atoms with Gasteiger partial charge in [0.2, 0.25) is 5.96 Å². The summed E-state index contributed by atoms with van der Waals surface area (Å²) >= 11 is 0. The number of hydrogen-bond acceptors (Lipinski definition) is 5. The van der Waals surface area contributed by atoms with Crippen LogP contribution in [-0.2, 0) is 0 Å². The van der Waals surface area contributed by atoms with Crippen molar-refractivity contribution in [1.29, 1.82) is 0 Å². The molecule has 4 N–H and O–H groups in total. The first kappa shape index (κ1) is 9.76. The van der Waals surface area contributed by atoms with E-state index in [2.05, 4.69) is 33.6 Å². The van der Waals surface area contributed by atoms with Crippen molar-refractivity contribution in [2.24, 2.45) is 15.7 Å². The smallest absolute Gasteiger partial charge is 0.204 e. The van der Waals surface area contributed by atoms with Gasteiger partial charge in [-0.25, -0.2) is 9.98 Å². The second kappa shape index (κ2) is 3.76. The molecule has 2 aliphatic rings. The molecule has 5 heteroatoms. The fraction of sp³-hybridized carbons (Fsp3) is 0.400. The summed E-state index contributed by atoms with van der Waals surface area (Å²) in [5.41, 5.74) is 7.99. The third kappa shape index (κ3) is 2.18. The minimum Gasteiger partial charge on any atom is -0.370 e. The van der Waals surface area contributed by atoms with Crippen molar-refractivity contribution in [3.63, 3.8) is 0 Å². The van der Waals surface area contributed by atoms with E-state index in [1.54, 1.807) is 0 Å². The molecule has 1 atom stereocenters. The number of rotatable bonds is 1. The van der Waals surface area contributed by atoms with E-state index in [0.29, 0.717) is 11.9 Å². The highest BCUT2D eigenvalue weighted by Gasteiger charge is 2.13. The first-order valence-electron chi connectivity index (χ1n) is 4.96. The van der Waals surface area contributed by atoms with Crippen molar-refractivity contribution < 1.29 is 0 Å². The third-order valence-electron chi connectivity index (χ3n) is 2.31. The van der Waals surface area contributed by atoms with E-state index in [4.69, 9.17) is 5.73 Å². The number of hydrogen-bond donors (Lipinski definition) is 3. The zero-order valence-corrected chi connectivity index (χ0v) is 8.91. The monoisotopic (exact) mass is 205 g/mol. The molecule has 2 rings (SSSR count). The van der Waals surface area contributed by atoms with Crippen LogP contribution in [0, 0.1) is 0 Å². The Morgan fingerprint density at radius 1 is 1.53 bits per heavy atom. The first-order valence-corrected chi connectivity index (χ1v) is 4.96. The Hall–Kier alpha value is -1.78. The summed E-state index contributed by atoms with van der Waals surface area (Å²) in [5.74, 6) is 1.07. The molecular weight excluding hydrogens is 190 g/mol. The van der Waals surface area contributed by atoms with Crippen LogP contribution in [-0.4, -0.2) is 18.1 Å². The molecule has 0 fully saturated rings. The Morgan fingerprint density at radius 2 is 2.33 bits per heavy atom. The molecule has 5 nitrogen and oxygen atoms in total. The fourth-order valence-electron chi connectivity index (χ4n) is 1.55. The summed E-state index contributed by atoms with van der Waals surface area (Å²) in [6.45, 7) is 3.98. The lowest BCUT2D eigenvalue weighted by molar-refractivity contribution is 0.754. The normalized spacial score (nSPS) is 24.8. The van der Waals surface area contributed by atoms with Crippen molar-refractivity contribution in [2.45, 2.75) is 26.4 Å². The Kier molecular flexibility index (Phi) is 2.45. The SMILES string of the molecule is CC1=C(NC2=NC(C)N=C(N)N2)C=CC1. The van der Waals surface area contributed by atoms with Gasteiger partial charge in [0.25, 0.3) is 0 Å². The standard InChI is InChI=1S/C10H15N5/c1-6-4-3-5-8(6)14-10-13-7(2)12-9(11)15-10/h3,5,7H,4H2,1-2H3,(H4,11,12,13,14,15). The van der Waals surface area contributed by atoms with Gasteiger partial charge in [-0.05, 0) is 31.9 Å². The molecule has 0 amide bonds. The van der Waals surface area contributed by atoms with Crippen LogP contribution in [0.4, 0.5) is 0 Å². The predicted molar refractivity (Wildman–Crippen MR) is 61.2 cm³/mol. The molecule has 0 bridgehead atoms. The first-order chi connectivity index (χ1) is 7.15. The van der Waals surface area contributed by atoms with Gasteiger partial charge in [0, 0.05) is 5.70 Å². The lowest BCUT2D eigenvalue weighted by atomic mass is 10.2. The van der Waals surface area contributed by atoms with Crippen molar-refractivity contribution in [1.82, 2.24) is 10.6 Å². The van der Waals surface area contributed by atoms with Crippen LogP contribution in [0.15, 0.2) is 33.4 Å². The second-order valence-electron chi connectivity index (χ2n) is 3.67. The molecule has 0 radical (unpaired) electrons. The highest BCUT2D eigenvalue weighted by molar-refractivity contribution is 6.00. The average molecular weight is 205 g/mol. The molecule has 0 aromatic heterocycles. The molecule has 1 heterocycles.